The topological polar surface area (TPSA) is 68.7 Å². The fourth-order valence-corrected chi connectivity index (χ4v) is 1.20. The Kier molecular flexibility index (Phi) is 4.69. The van der Waals surface area contributed by atoms with Crippen LogP contribution in [0.5, 0.6) is 11.5 Å². The fourth-order valence-electron chi connectivity index (χ4n) is 1.20. The lowest BCUT2D eigenvalue weighted by atomic mass is 10.2. The van der Waals surface area contributed by atoms with Gasteiger partial charge in [-0.15, -0.1) is 13.2 Å². The summed E-state index contributed by atoms with van der Waals surface area (Å²) in [5.41, 5.74) is -2.24. The molecule has 0 radical (unpaired) electrons. The van der Waals surface area contributed by atoms with Gasteiger partial charge in [-0.2, -0.15) is 0 Å². The van der Waals surface area contributed by atoms with Gasteiger partial charge in [-0.05, 0) is 6.92 Å². The van der Waals surface area contributed by atoms with Gasteiger partial charge >= 0.3 is 12.3 Å². The summed E-state index contributed by atoms with van der Waals surface area (Å²) >= 11 is 0. The first kappa shape index (κ1) is 15.9. The van der Waals surface area contributed by atoms with E-state index in [-0.39, 0.29) is 6.61 Å². The lowest BCUT2D eigenvalue weighted by Gasteiger charge is -2.13. The maximum Gasteiger partial charge on any atom is 0.573 e. The van der Waals surface area contributed by atoms with Crippen molar-refractivity contribution in [1.29, 1.82) is 0 Å². The summed E-state index contributed by atoms with van der Waals surface area (Å²) < 4.78 is 69.1. The van der Waals surface area contributed by atoms with Crippen molar-refractivity contribution in [3.05, 3.63) is 17.5 Å². The molecule has 5 nitrogen and oxygen atoms in total. The predicted molar refractivity (Wildman–Crippen MR) is 53.5 cm³/mol. The number of aromatic hydroxyl groups is 1. The van der Waals surface area contributed by atoms with Crippen LogP contribution in [0, 0.1) is 0 Å². The summed E-state index contributed by atoms with van der Waals surface area (Å²) in [5.74, 6) is -4.07. The minimum absolute atomic E-state index is 0.138. The van der Waals surface area contributed by atoms with Crippen molar-refractivity contribution in [3.8, 4) is 11.5 Å². The lowest BCUT2D eigenvalue weighted by Crippen LogP contribution is -2.18. The molecule has 0 saturated heterocycles. The molecule has 1 rings (SSSR count). The number of hydrogen-bond donors (Lipinski definition) is 1. The minimum Gasteiger partial charge on any atom is -0.503 e. The number of hydrogen-bond acceptors (Lipinski definition) is 5. The van der Waals surface area contributed by atoms with Gasteiger partial charge in [-0.3, -0.25) is 0 Å². The van der Waals surface area contributed by atoms with Crippen molar-refractivity contribution in [2.24, 2.45) is 0 Å². The van der Waals surface area contributed by atoms with Crippen molar-refractivity contribution in [2.75, 3.05) is 6.61 Å². The van der Waals surface area contributed by atoms with Crippen LogP contribution in [-0.2, 0) is 4.74 Å². The molecule has 0 saturated carbocycles. The maximum atomic E-state index is 12.6. The first-order valence-electron chi connectivity index (χ1n) is 5.10. The molecule has 1 aromatic rings. The summed E-state index contributed by atoms with van der Waals surface area (Å²) in [4.78, 5) is 14.4. The number of nitrogens with zero attached hydrogens (tertiary/aromatic N) is 1. The van der Waals surface area contributed by atoms with Gasteiger partial charge < -0.3 is 14.6 Å². The van der Waals surface area contributed by atoms with Crippen molar-refractivity contribution < 1.29 is 41.3 Å². The summed E-state index contributed by atoms with van der Waals surface area (Å²) in [6.07, 6.45) is -8.63. The van der Waals surface area contributed by atoms with Crippen LogP contribution in [0.1, 0.15) is 29.5 Å². The highest BCUT2D eigenvalue weighted by Crippen LogP contribution is 2.38. The quantitative estimate of drug-likeness (QED) is 0.684. The Morgan fingerprint density at radius 1 is 1.45 bits per heavy atom. The van der Waals surface area contributed by atoms with E-state index >= 15 is 0 Å². The normalized spacial score (nSPS) is 11.6. The summed E-state index contributed by atoms with van der Waals surface area (Å²) in [5, 5.41) is 9.24. The summed E-state index contributed by atoms with van der Waals surface area (Å²) in [7, 11) is 0. The van der Waals surface area contributed by atoms with Gasteiger partial charge in [0.1, 0.15) is 0 Å². The van der Waals surface area contributed by atoms with Crippen LogP contribution in [0.4, 0.5) is 22.0 Å². The van der Waals surface area contributed by atoms with Gasteiger partial charge in [-0.25, -0.2) is 18.6 Å². The Labute approximate surface area is 108 Å². The largest absolute Gasteiger partial charge is 0.573 e. The Morgan fingerprint density at radius 2 is 2.05 bits per heavy atom. The van der Waals surface area contributed by atoms with E-state index in [1.54, 1.807) is 0 Å². The van der Waals surface area contributed by atoms with Crippen molar-refractivity contribution in [2.45, 2.75) is 19.7 Å². The Bertz CT molecular complexity index is 503. The molecule has 0 fully saturated rings. The number of esters is 1. The number of aromatic nitrogens is 1. The minimum atomic E-state index is -5.23. The smallest absolute Gasteiger partial charge is 0.503 e. The van der Waals surface area contributed by atoms with E-state index in [0.717, 1.165) is 0 Å². The zero-order valence-corrected chi connectivity index (χ0v) is 9.87. The van der Waals surface area contributed by atoms with E-state index in [1.807, 2.05) is 0 Å². The second-order valence-corrected chi connectivity index (χ2v) is 3.31. The first-order chi connectivity index (χ1) is 9.15. The molecule has 1 N–H and O–H groups in total. The molecule has 0 aromatic carbocycles. The molecular formula is C10H8F5NO4. The molecule has 0 bridgehead atoms. The SMILES string of the molecule is CCOC(=O)c1cc(OC(F)(F)F)c(O)c(C(F)F)n1. The molecule has 10 heteroatoms. The number of ether oxygens (including phenoxy) is 2. The molecule has 20 heavy (non-hydrogen) atoms. The zero-order valence-electron chi connectivity index (χ0n) is 9.87. The van der Waals surface area contributed by atoms with Gasteiger partial charge in [0, 0.05) is 6.07 Å². The van der Waals surface area contributed by atoms with E-state index < -0.39 is 41.6 Å². The van der Waals surface area contributed by atoms with Crippen LogP contribution in [0.2, 0.25) is 0 Å². The zero-order chi connectivity index (χ0) is 15.5. The number of pyridine rings is 1. The van der Waals surface area contributed by atoms with Crippen LogP contribution in [0.25, 0.3) is 0 Å². The molecule has 0 unspecified atom stereocenters. The molecule has 0 aliphatic carbocycles. The van der Waals surface area contributed by atoms with Gasteiger partial charge in [0.25, 0.3) is 6.43 Å². The van der Waals surface area contributed by atoms with Crippen LogP contribution in [-0.4, -0.2) is 29.0 Å². The van der Waals surface area contributed by atoms with Crippen LogP contribution < -0.4 is 4.74 Å². The molecule has 0 spiro atoms. The highest BCUT2D eigenvalue weighted by Gasteiger charge is 2.34. The second-order valence-electron chi connectivity index (χ2n) is 3.31. The monoisotopic (exact) mass is 301 g/mol. The van der Waals surface area contributed by atoms with Gasteiger partial charge in [0.15, 0.2) is 22.9 Å². The average Bonchev–Trinajstić information content (AvgIpc) is 2.29. The van der Waals surface area contributed by atoms with E-state index in [2.05, 4.69) is 14.5 Å². The number of rotatable bonds is 4. The van der Waals surface area contributed by atoms with Gasteiger partial charge in [0.2, 0.25) is 0 Å². The highest BCUT2D eigenvalue weighted by molar-refractivity contribution is 5.88. The average molecular weight is 301 g/mol. The number of halogens is 5. The lowest BCUT2D eigenvalue weighted by molar-refractivity contribution is -0.275. The van der Waals surface area contributed by atoms with E-state index in [9.17, 15) is 31.9 Å². The second kappa shape index (κ2) is 5.88. The van der Waals surface area contributed by atoms with Crippen LogP contribution in [0.3, 0.4) is 0 Å². The Balaban J connectivity index is 3.31. The molecule has 1 aromatic heterocycles. The first-order valence-corrected chi connectivity index (χ1v) is 5.10. The Morgan fingerprint density at radius 3 is 2.50 bits per heavy atom. The fraction of sp³-hybridized carbons (Fsp3) is 0.400. The molecule has 1 heterocycles. The standard InChI is InChI=1S/C10H8F5NO4/c1-2-19-9(18)4-3-5(20-10(13,14)15)7(17)6(16-4)8(11)12/h3,8,17H,2H2,1H3. The van der Waals surface area contributed by atoms with Crippen LogP contribution >= 0.6 is 0 Å². The molecule has 112 valence electrons. The van der Waals surface area contributed by atoms with Gasteiger partial charge in [-0.1, -0.05) is 0 Å². The maximum absolute atomic E-state index is 12.6. The highest BCUT2D eigenvalue weighted by atomic mass is 19.4. The third kappa shape index (κ3) is 3.93. The molecular weight excluding hydrogens is 293 g/mol. The Hall–Kier alpha value is -2.13. The molecule has 0 atom stereocenters. The van der Waals surface area contributed by atoms with Crippen molar-refractivity contribution >= 4 is 5.97 Å². The predicted octanol–water partition coefficient (Wildman–Crippen LogP) is 2.80. The van der Waals surface area contributed by atoms with E-state index in [4.69, 9.17) is 0 Å². The number of alkyl halides is 5. The van der Waals surface area contributed by atoms with Crippen molar-refractivity contribution in [1.82, 2.24) is 4.98 Å². The molecule has 0 amide bonds. The van der Waals surface area contributed by atoms with Crippen molar-refractivity contribution in [3.63, 3.8) is 0 Å². The summed E-state index contributed by atoms with van der Waals surface area (Å²) in [6.45, 7) is 1.26. The van der Waals surface area contributed by atoms with Crippen LogP contribution in [0.15, 0.2) is 6.07 Å². The summed E-state index contributed by atoms with van der Waals surface area (Å²) in [6, 6.07) is 0.368. The van der Waals surface area contributed by atoms with E-state index in [0.29, 0.717) is 6.07 Å². The third-order valence-corrected chi connectivity index (χ3v) is 1.90. The van der Waals surface area contributed by atoms with Gasteiger partial charge in [0.05, 0.1) is 6.61 Å². The number of carbonyl (C=O) groups excluding carboxylic acids is 1. The molecule has 0 aliphatic heterocycles. The number of carbonyl (C=O) groups is 1. The molecule has 0 aliphatic rings. The third-order valence-electron chi connectivity index (χ3n) is 1.90. The van der Waals surface area contributed by atoms with E-state index in [1.165, 1.54) is 6.92 Å².